The van der Waals surface area contributed by atoms with E-state index in [4.69, 9.17) is 14.5 Å². The first-order valence-corrected chi connectivity index (χ1v) is 13.1. The molecule has 5 aromatic rings. The zero-order chi connectivity index (χ0) is 25.9. The molecule has 1 saturated heterocycles. The third-order valence-electron chi connectivity index (χ3n) is 7.37. The van der Waals surface area contributed by atoms with Gasteiger partial charge in [0.1, 0.15) is 30.3 Å². The van der Waals surface area contributed by atoms with Crippen molar-refractivity contribution in [1.29, 1.82) is 0 Å². The number of rotatable bonds is 8. The molecule has 6 rings (SSSR count). The Morgan fingerprint density at radius 3 is 2.63 bits per heavy atom. The summed E-state index contributed by atoms with van der Waals surface area (Å²) in [7, 11) is 3.82. The number of benzene rings is 2. The highest BCUT2D eigenvalue weighted by molar-refractivity contribution is 5.84. The first kappa shape index (κ1) is 24.2. The Morgan fingerprint density at radius 1 is 0.921 bits per heavy atom. The summed E-state index contributed by atoms with van der Waals surface area (Å²) >= 11 is 0. The Labute approximate surface area is 222 Å². The van der Waals surface area contributed by atoms with Crippen LogP contribution in [0.4, 0.5) is 11.5 Å². The molecule has 0 spiro atoms. The number of anilines is 2. The maximum Gasteiger partial charge on any atom is 0.139 e. The van der Waals surface area contributed by atoms with Gasteiger partial charge < -0.3 is 19.3 Å². The summed E-state index contributed by atoms with van der Waals surface area (Å²) < 4.78 is 12.8. The van der Waals surface area contributed by atoms with E-state index in [1.54, 1.807) is 7.11 Å². The minimum absolute atomic E-state index is 0.504. The zero-order valence-electron chi connectivity index (χ0n) is 21.8. The molecule has 0 atom stereocenters. The van der Waals surface area contributed by atoms with E-state index in [-0.39, 0.29) is 0 Å². The van der Waals surface area contributed by atoms with Crippen LogP contribution in [-0.2, 0) is 4.74 Å². The van der Waals surface area contributed by atoms with Crippen molar-refractivity contribution in [2.75, 3.05) is 50.3 Å². The Hall–Kier alpha value is -4.17. The third kappa shape index (κ3) is 4.87. The molecular weight excluding hydrogens is 476 g/mol. The quantitative estimate of drug-likeness (QED) is 0.270. The lowest BCUT2D eigenvalue weighted by Gasteiger charge is -2.38. The Morgan fingerprint density at radius 2 is 1.82 bits per heavy atom. The fourth-order valence-corrected chi connectivity index (χ4v) is 5.20. The van der Waals surface area contributed by atoms with Gasteiger partial charge >= 0.3 is 0 Å². The number of aromatic nitrogens is 4. The lowest BCUT2D eigenvalue weighted by Crippen LogP contribution is -2.43. The van der Waals surface area contributed by atoms with Gasteiger partial charge in [-0.25, -0.2) is 15.0 Å². The van der Waals surface area contributed by atoms with E-state index in [0.717, 1.165) is 65.3 Å². The summed E-state index contributed by atoms with van der Waals surface area (Å²) in [4.78, 5) is 18.8. The van der Waals surface area contributed by atoms with Gasteiger partial charge in [0.05, 0.1) is 23.2 Å². The molecule has 0 N–H and O–H groups in total. The molecule has 1 aliphatic heterocycles. The van der Waals surface area contributed by atoms with Gasteiger partial charge in [-0.15, -0.1) is 0 Å². The molecule has 4 heterocycles. The molecule has 0 unspecified atom stereocenters. The lowest BCUT2D eigenvalue weighted by molar-refractivity contribution is 0.146. The zero-order valence-corrected chi connectivity index (χ0v) is 21.8. The second-order valence-electron chi connectivity index (χ2n) is 9.67. The Bertz CT molecular complexity index is 1530. The second-order valence-corrected chi connectivity index (χ2v) is 9.67. The first-order valence-electron chi connectivity index (χ1n) is 13.1. The highest BCUT2D eigenvalue weighted by Gasteiger charge is 2.23. The molecule has 194 valence electrons. The van der Waals surface area contributed by atoms with Crippen molar-refractivity contribution in [1.82, 2.24) is 19.5 Å². The number of nitrogens with zero attached hydrogens (tertiary/aromatic N) is 6. The lowest BCUT2D eigenvalue weighted by atomic mass is 10.0. The van der Waals surface area contributed by atoms with Crippen molar-refractivity contribution in [2.45, 2.75) is 18.9 Å². The van der Waals surface area contributed by atoms with Gasteiger partial charge in [0, 0.05) is 56.6 Å². The Kier molecular flexibility index (Phi) is 6.79. The van der Waals surface area contributed by atoms with Crippen LogP contribution in [0.15, 0.2) is 79.3 Å². The SMILES string of the molecule is COCCOc1ccc2c(c1)ncn2-c1ccc2cc(N3CCC(N(C)c4ccccn4)CC3)ccc2n1. The summed E-state index contributed by atoms with van der Waals surface area (Å²) in [6.45, 7) is 3.11. The van der Waals surface area contributed by atoms with Crippen molar-refractivity contribution in [3.8, 4) is 11.6 Å². The molecule has 0 bridgehead atoms. The van der Waals surface area contributed by atoms with Crippen LogP contribution < -0.4 is 14.5 Å². The molecule has 38 heavy (non-hydrogen) atoms. The number of hydrogen-bond acceptors (Lipinski definition) is 7. The third-order valence-corrected chi connectivity index (χ3v) is 7.37. The highest BCUT2D eigenvalue weighted by Crippen LogP contribution is 2.28. The molecule has 0 amide bonds. The number of ether oxygens (including phenoxy) is 2. The van der Waals surface area contributed by atoms with Gasteiger partial charge in [-0.3, -0.25) is 4.57 Å². The number of piperidine rings is 1. The van der Waals surface area contributed by atoms with Crippen LogP contribution >= 0.6 is 0 Å². The topological polar surface area (TPSA) is 68.5 Å². The molecule has 1 fully saturated rings. The fourth-order valence-electron chi connectivity index (χ4n) is 5.20. The van der Waals surface area contributed by atoms with Crippen LogP contribution in [0.5, 0.6) is 5.75 Å². The molecule has 0 aliphatic carbocycles. The van der Waals surface area contributed by atoms with Crippen molar-refractivity contribution in [3.63, 3.8) is 0 Å². The molecule has 8 heteroatoms. The minimum Gasteiger partial charge on any atom is -0.491 e. The predicted octanol–water partition coefficient (Wildman–Crippen LogP) is 5.10. The predicted molar refractivity (Wildman–Crippen MR) is 152 cm³/mol. The van der Waals surface area contributed by atoms with Crippen molar-refractivity contribution >= 4 is 33.4 Å². The van der Waals surface area contributed by atoms with E-state index in [0.29, 0.717) is 19.3 Å². The fraction of sp³-hybridized carbons (Fsp3) is 0.300. The van der Waals surface area contributed by atoms with Crippen molar-refractivity contribution in [3.05, 3.63) is 79.3 Å². The molecular formula is C30H32N6O2. The van der Waals surface area contributed by atoms with E-state index in [1.165, 1.54) is 5.69 Å². The summed E-state index contributed by atoms with van der Waals surface area (Å²) in [5.41, 5.74) is 4.08. The number of imidazole rings is 1. The van der Waals surface area contributed by atoms with Crippen LogP contribution in [0.1, 0.15) is 12.8 Å². The van der Waals surface area contributed by atoms with E-state index in [2.05, 4.69) is 63.2 Å². The van der Waals surface area contributed by atoms with E-state index < -0.39 is 0 Å². The van der Waals surface area contributed by atoms with E-state index in [1.807, 2.05) is 47.4 Å². The van der Waals surface area contributed by atoms with Crippen molar-refractivity contribution < 1.29 is 9.47 Å². The molecule has 1 aliphatic rings. The molecule has 3 aromatic heterocycles. The minimum atomic E-state index is 0.504. The van der Waals surface area contributed by atoms with Crippen LogP contribution in [0.25, 0.3) is 27.8 Å². The molecule has 8 nitrogen and oxygen atoms in total. The summed E-state index contributed by atoms with van der Waals surface area (Å²) in [6.07, 6.45) is 5.89. The average molecular weight is 509 g/mol. The second kappa shape index (κ2) is 10.7. The molecule has 0 radical (unpaired) electrons. The largest absolute Gasteiger partial charge is 0.491 e. The molecule has 2 aromatic carbocycles. The monoisotopic (exact) mass is 508 g/mol. The maximum absolute atomic E-state index is 5.73. The molecule has 0 saturated carbocycles. The van der Waals surface area contributed by atoms with Gasteiger partial charge in [-0.2, -0.15) is 0 Å². The van der Waals surface area contributed by atoms with Crippen LogP contribution in [0.2, 0.25) is 0 Å². The summed E-state index contributed by atoms with van der Waals surface area (Å²) in [5.74, 6) is 2.67. The van der Waals surface area contributed by atoms with Gasteiger partial charge in [-0.1, -0.05) is 6.07 Å². The van der Waals surface area contributed by atoms with Gasteiger partial charge in [0.15, 0.2) is 0 Å². The van der Waals surface area contributed by atoms with Gasteiger partial charge in [0.25, 0.3) is 0 Å². The number of hydrogen-bond donors (Lipinski definition) is 0. The van der Waals surface area contributed by atoms with E-state index in [9.17, 15) is 0 Å². The standard InChI is InChI=1S/C30H32N6O2/c1-34(29-5-3-4-14-31-29)23-12-15-35(16-13-23)24-7-9-26-22(19-24)6-11-30(33-26)36-21-32-27-20-25(8-10-28(27)36)38-18-17-37-2/h3-11,14,19-21,23H,12-13,15-18H2,1-2H3. The maximum atomic E-state index is 5.73. The summed E-state index contributed by atoms with van der Waals surface area (Å²) in [6, 6.07) is 23.3. The van der Waals surface area contributed by atoms with E-state index >= 15 is 0 Å². The van der Waals surface area contributed by atoms with Crippen molar-refractivity contribution in [2.24, 2.45) is 0 Å². The number of pyridine rings is 2. The van der Waals surface area contributed by atoms with Crippen LogP contribution in [0.3, 0.4) is 0 Å². The first-order chi connectivity index (χ1) is 18.7. The smallest absolute Gasteiger partial charge is 0.139 e. The normalized spacial score (nSPS) is 14.3. The van der Waals surface area contributed by atoms with Crippen LogP contribution in [0, 0.1) is 0 Å². The van der Waals surface area contributed by atoms with Crippen LogP contribution in [-0.4, -0.2) is 66.0 Å². The number of fused-ring (bicyclic) bond motifs is 2. The van der Waals surface area contributed by atoms with Gasteiger partial charge in [-0.05, 0) is 67.4 Å². The average Bonchev–Trinajstić information content (AvgIpc) is 3.40. The highest BCUT2D eigenvalue weighted by atomic mass is 16.5. The Balaban J connectivity index is 1.16. The van der Waals surface area contributed by atoms with Gasteiger partial charge in [0.2, 0.25) is 0 Å². The number of methoxy groups -OCH3 is 1. The summed E-state index contributed by atoms with van der Waals surface area (Å²) in [5, 5.41) is 1.14.